The molecule has 1 aromatic rings. The fourth-order valence-corrected chi connectivity index (χ4v) is 2.71. The summed E-state index contributed by atoms with van der Waals surface area (Å²) >= 11 is 0. The summed E-state index contributed by atoms with van der Waals surface area (Å²) < 4.78 is 0. The Balaban J connectivity index is 3.34. The summed E-state index contributed by atoms with van der Waals surface area (Å²) in [6, 6.07) is 2.46. The van der Waals surface area contributed by atoms with E-state index in [1.165, 1.54) is 6.07 Å². The van der Waals surface area contributed by atoms with Crippen molar-refractivity contribution >= 4 is 5.97 Å². The van der Waals surface area contributed by atoms with Gasteiger partial charge >= 0.3 is 5.97 Å². The lowest BCUT2D eigenvalue weighted by Crippen LogP contribution is -2.25. The van der Waals surface area contributed by atoms with Crippen LogP contribution in [0.1, 0.15) is 57.0 Å². The molecule has 0 radical (unpaired) electrons. The van der Waals surface area contributed by atoms with E-state index in [1.807, 2.05) is 13.8 Å². The SMILES string of the molecule is CC(C)(C)CC(C)(C)c1cc(C(=O)O)c(O)cc1O. The summed E-state index contributed by atoms with van der Waals surface area (Å²) in [5.74, 6) is -1.69. The third-order valence-electron chi connectivity index (χ3n) is 3.05. The summed E-state index contributed by atoms with van der Waals surface area (Å²) in [4.78, 5) is 11.1. The number of hydrogen-bond acceptors (Lipinski definition) is 3. The van der Waals surface area contributed by atoms with Gasteiger partial charge in [-0.15, -0.1) is 0 Å². The minimum absolute atomic E-state index is 0.0389. The molecule has 19 heavy (non-hydrogen) atoms. The van der Waals surface area contributed by atoms with Crippen molar-refractivity contribution in [2.45, 2.75) is 46.5 Å². The van der Waals surface area contributed by atoms with E-state index in [0.717, 1.165) is 12.5 Å². The second-order valence-corrected chi connectivity index (χ2v) is 6.81. The zero-order chi connectivity index (χ0) is 15.0. The summed E-state index contributed by atoms with van der Waals surface area (Å²) in [6.45, 7) is 10.2. The first-order chi connectivity index (χ1) is 8.44. The molecule has 106 valence electrons. The van der Waals surface area contributed by atoms with E-state index in [-0.39, 0.29) is 22.1 Å². The van der Waals surface area contributed by atoms with Crippen LogP contribution in [0.2, 0.25) is 0 Å². The number of rotatable bonds is 3. The number of phenolic OH excluding ortho intramolecular Hbond substituents is 1. The first-order valence-corrected chi connectivity index (χ1v) is 6.24. The molecule has 0 aromatic heterocycles. The number of aromatic hydroxyl groups is 2. The largest absolute Gasteiger partial charge is 0.508 e. The number of phenols is 2. The van der Waals surface area contributed by atoms with Crippen molar-refractivity contribution < 1.29 is 20.1 Å². The Morgan fingerprint density at radius 1 is 1.05 bits per heavy atom. The number of carboxylic acids is 1. The molecule has 0 aliphatic heterocycles. The number of hydrogen-bond donors (Lipinski definition) is 3. The molecular weight excluding hydrogens is 244 g/mol. The van der Waals surface area contributed by atoms with Crippen LogP contribution in [0, 0.1) is 5.41 Å². The van der Waals surface area contributed by atoms with Gasteiger partial charge in [0.15, 0.2) is 0 Å². The van der Waals surface area contributed by atoms with Gasteiger partial charge in [0.1, 0.15) is 17.1 Å². The standard InChI is InChI=1S/C15H22O4/c1-14(2,3)8-15(4,5)10-6-9(13(18)19)11(16)7-12(10)17/h6-7,16-17H,8H2,1-5H3,(H,18,19). The maximum atomic E-state index is 11.1. The fraction of sp³-hybridized carbons (Fsp3) is 0.533. The highest BCUT2D eigenvalue weighted by Gasteiger charge is 2.31. The molecule has 0 unspecified atom stereocenters. The molecule has 0 aliphatic rings. The van der Waals surface area contributed by atoms with Crippen LogP contribution in [0.25, 0.3) is 0 Å². The Morgan fingerprint density at radius 2 is 1.58 bits per heavy atom. The first kappa shape index (κ1) is 15.3. The van der Waals surface area contributed by atoms with Gasteiger partial charge in [0.05, 0.1) is 0 Å². The summed E-state index contributed by atoms with van der Waals surface area (Å²) in [5, 5.41) is 28.6. The predicted molar refractivity (Wildman–Crippen MR) is 73.8 cm³/mol. The molecule has 0 saturated carbocycles. The molecule has 0 fully saturated rings. The molecule has 1 rings (SSSR count). The monoisotopic (exact) mass is 266 g/mol. The minimum atomic E-state index is -1.20. The highest BCUT2D eigenvalue weighted by molar-refractivity contribution is 5.91. The van der Waals surface area contributed by atoms with E-state index in [2.05, 4.69) is 20.8 Å². The van der Waals surface area contributed by atoms with Crippen molar-refractivity contribution in [2.75, 3.05) is 0 Å². The molecule has 4 heteroatoms. The molecule has 0 saturated heterocycles. The predicted octanol–water partition coefficient (Wildman–Crippen LogP) is 3.51. The van der Waals surface area contributed by atoms with Crippen LogP contribution in [-0.4, -0.2) is 21.3 Å². The molecule has 0 spiro atoms. The molecule has 0 amide bonds. The van der Waals surface area contributed by atoms with E-state index in [0.29, 0.717) is 5.56 Å². The molecule has 3 N–H and O–H groups in total. The van der Waals surface area contributed by atoms with Gasteiger partial charge < -0.3 is 15.3 Å². The Labute approximate surface area is 113 Å². The average Bonchev–Trinajstić information content (AvgIpc) is 2.11. The van der Waals surface area contributed by atoms with E-state index >= 15 is 0 Å². The van der Waals surface area contributed by atoms with Crippen molar-refractivity contribution in [2.24, 2.45) is 5.41 Å². The van der Waals surface area contributed by atoms with Gasteiger partial charge in [-0.3, -0.25) is 0 Å². The van der Waals surface area contributed by atoms with Gasteiger partial charge in [0, 0.05) is 11.6 Å². The Hall–Kier alpha value is -1.71. The van der Waals surface area contributed by atoms with Crippen LogP contribution in [-0.2, 0) is 5.41 Å². The van der Waals surface area contributed by atoms with Crippen LogP contribution in [0.5, 0.6) is 11.5 Å². The van der Waals surface area contributed by atoms with Crippen molar-refractivity contribution in [3.8, 4) is 11.5 Å². The number of carbonyl (C=O) groups is 1. The number of carboxylic acid groups (broad SMARTS) is 1. The maximum absolute atomic E-state index is 11.1. The maximum Gasteiger partial charge on any atom is 0.339 e. The van der Waals surface area contributed by atoms with Crippen molar-refractivity contribution in [1.29, 1.82) is 0 Å². The zero-order valence-corrected chi connectivity index (χ0v) is 12.1. The zero-order valence-electron chi connectivity index (χ0n) is 12.1. The van der Waals surface area contributed by atoms with E-state index in [4.69, 9.17) is 5.11 Å². The smallest absolute Gasteiger partial charge is 0.339 e. The fourth-order valence-electron chi connectivity index (χ4n) is 2.71. The molecule has 0 aliphatic carbocycles. The first-order valence-electron chi connectivity index (χ1n) is 6.24. The van der Waals surface area contributed by atoms with Gasteiger partial charge in [-0.2, -0.15) is 0 Å². The Bertz CT molecular complexity index is 496. The molecule has 1 aromatic carbocycles. The minimum Gasteiger partial charge on any atom is -0.508 e. The normalized spacial score (nSPS) is 12.5. The lowest BCUT2D eigenvalue weighted by molar-refractivity contribution is 0.0693. The lowest BCUT2D eigenvalue weighted by Gasteiger charge is -2.33. The van der Waals surface area contributed by atoms with Crippen LogP contribution < -0.4 is 0 Å². The van der Waals surface area contributed by atoms with Crippen LogP contribution in [0.4, 0.5) is 0 Å². The third-order valence-corrected chi connectivity index (χ3v) is 3.05. The van der Waals surface area contributed by atoms with E-state index < -0.39 is 11.7 Å². The number of benzene rings is 1. The van der Waals surface area contributed by atoms with E-state index in [1.54, 1.807) is 0 Å². The summed E-state index contributed by atoms with van der Waals surface area (Å²) in [7, 11) is 0. The summed E-state index contributed by atoms with van der Waals surface area (Å²) in [5.41, 5.74) is 0.00433. The quantitative estimate of drug-likeness (QED) is 0.782. The third kappa shape index (κ3) is 3.63. The van der Waals surface area contributed by atoms with Gasteiger partial charge in [-0.05, 0) is 23.3 Å². The van der Waals surface area contributed by atoms with Crippen molar-refractivity contribution in [3.63, 3.8) is 0 Å². The van der Waals surface area contributed by atoms with Gasteiger partial charge in [0.2, 0.25) is 0 Å². The molecular formula is C15H22O4. The molecule has 4 nitrogen and oxygen atoms in total. The average molecular weight is 266 g/mol. The topological polar surface area (TPSA) is 77.8 Å². The van der Waals surface area contributed by atoms with Gasteiger partial charge in [-0.25, -0.2) is 4.79 Å². The van der Waals surface area contributed by atoms with Gasteiger partial charge in [0.25, 0.3) is 0 Å². The highest BCUT2D eigenvalue weighted by atomic mass is 16.4. The Morgan fingerprint density at radius 3 is 2.00 bits per heavy atom. The second kappa shape index (κ2) is 4.76. The van der Waals surface area contributed by atoms with Crippen LogP contribution >= 0.6 is 0 Å². The Kier molecular flexibility index (Phi) is 3.84. The highest BCUT2D eigenvalue weighted by Crippen LogP contribution is 2.42. The molecule has 0 bridgehead atoms. The van der Waals surface area contributed by atoms with Crippen LogP contribution in [0.15, 0.2) is 12.1 Å². The molecule has 0 heterocycles. The molecule has 0 atom stereocenters. The van der Waals surface area contributed by atoms with Crippen LogP contribution in [0.3, 0.4) is 0 Å². The van der Waals surface area contributed by atoms with Crippen molar-refractivity contribution in [1.82, 2.24) is 0 Å². The second-order valence-electron chi connectivity index (χ2n) is 6.81. The van der Waals surface area contributed by atoms with Gasteiger partial charge in [-0.1, -0.05) is 34.6 Å². The summed E-state index contributed by atoms with van der Waals surface area (Å²) in [6.07, 6.45) is 0.775. The van der Waals surface area contributed by atoms with E-state index in [9.17, 15) is 15.0 Å². The lowest BCUT2D eigenvalue weighted by atomic mass is 9.71. The van der Waals surface area contributed by atoms with Crippen molar-refractivity contribution in [3.05, 3.63) is 23.3 Å². The number of aromatic carboxylic acids is 1.